The highest BCUT2D eigenvalue weighted by molar-refractivity contribution is 5.99. The molecular weight excluding hydrogens is 338 g/mol. The average Bonchev–Trinajstić information content (AvgIpc) is 2.82. The molecule has 1 aromatic rings. The standard InChI is InChI=1S/C18H23N3O5/c1-13(14-6-5-7-15(10-14)26-12-18(24)25)19-20-16(22)11-21-9-4-2-3-8-17(21)23/h5-7,10H,2-4,8-9,11-12H2,1H3,(H,20,22)(H,24,25)/p-1/b19-13-. The van der Waals surface area contributed by atoms with Gasteiger partial charge in [-0.1, -0.05) is 18.6 Å². The second-order valence-corrected chi connectivity index (χ2v) is 6.05. The van der Waals surface area contributed by atoms with Crippen LogP contribution in [0.15, 0.2) is 29.4 Å². The number of amides is 2. The number of hydrogen-bond donors (Lipinski definition) is 1. The molecular formula is C18H22N3O5-. The number of likely N-dealkylation sites (tertiary alicyclic amines) is 1. The summed E-state index contributed by atoms with van der Waals surface area (Å²) in [5.41, 5.74) is 3.65. The van der Waals surface area contributed by atoms with E-state index in [-0.39, 0.29) is 18.4 Å². The normalized spacial score (nSPS) is 15.3. The molecule has 8 nitrogen and oxygen atoms in total. The minimum atomic E-state index is -1.31. The number of carbonyl (C=O) groups is 3. The molecule has 0 radical (unpaired) electrons. The second kappa shape index (κ2) is 9.55. The predicted molar refractivity (Wildman–Crippen MR) is 92.3 cm³/mol. The van der Waals surface area contributed by atoms with Crippen molar-refractivity contribution in [1.82, 2.24) is 10.3 Å². The molecule has 0 saturated carbocycles. The fourth-order valence-corrected chi connectivity index (χ4v) is 2.58. The number of hydrogen-bond acceptors (Lipinski definition) is 6. The van der Waals surface area contributed by atoms with E-state index < -0.39 is 12.6 Å². The fraction of sp³-hybridized carbons (Fsp3) is 0.444. The highest BCUT2D eigenvalue weighted by Crippen LogP contribution is 2.14. The van der Waals surface area contributed by atoms with Gasteiger partial charge in [0, 0.05) is 18.5 Å². The van der Waals surface area contributed by atoms with Crippen molar-refractivity contribution in [2.45, 2.75) is 32.6 Å². The summed E-state index contributed by atoms with van der Waals surface area (Å²) in [7, 11) is 0. The third kappa shape index (κ3) is 6.19. The highest BCUT2D eigenvalue weighted by Gasteiger charge is 2.18. The van der Waals surface area contributed by atoms with Gasteiger partial charge in [-0.15, -0.1) is 0 Å². The van der Waals surface area contributed by atoms with E-state index in [0.29, 0.717) is 30.0 Å². The summed E-state index contributed by atoms with van der Waals surface area (Å²) in [4.78, 5) is 35.9. The Hall–Kier alpha value is -2.90. The Morgan fingerprint density at radius 3 is 2.88 bits per heavy atom. The van der Waals surface area contributed by atoms with Crippen molar-refractivity contribution in [3.63, 3.8) is 0 Å². The Labute approximate surface area is 151 Å². The Morgan fingerprint density at radius 2 is 2.12 bits per heavy atom. The summed E-state index contributed by atoms with van der Waals surface area (Å²) in [6.07, 6.45) is 3.25. The Balaban J connectivity index is 1.92. The third-order valence-corrected chi connectivity index (χ3v) is 3.96. The molecule has 1 saturated heterocycles. The van der Waals surface area contributed by atoms with Gasteiger partial charge in [0.2, 0.25) is 5.91 Å². The summed E-state index contributed by atoms with van der Waals surface area (Å²) in [6.45, 7) is 1.74. The number of ether oxygens (including phenoxy) is 1. The van der Waals surface area contributed by atoms with Gasteiger partial charge in [-0.05, 0) is 31.9 Å². The molecule has 1 aromatic carbocycles. The number of hydrazone groups is 1. The van der Waals surface area contributed by atoms with Crippen molar-refractivity contribution in [1.29, 1.82) is 0 Å². The molecule has 1 N–H and O–H groups in total. The van der Waals surface area contributed by atoms with Gasteiger partial charge in [-0.3, -0.25) is 9.59 Å². The van der Waals surface area contributed by atoms with Crippen LogP contribution in [-0.2, 0) is 14.4 Å². The molecule has 0 aliphatic carbocycles. The lowest BCUT2D eigenvalue weighted by atomic mass is 10.1. The number of nitrogens with zero attached hydrogens (tertiary/aromatic N) is 2. The van der Waals surface area contributed by atoms with Crippen LogP contribution in [0.4, 0.5) is 0 Å². The van der Waals surface area contributed by atoms with Crippen molar-refractivity contribution in [2.24, 2.45) is 5.10 Å². The first-order valence-electron chi connectivity index (χ1n) is 8.49. The first kappa shape index (κ1) is 19.4. The summed E-state index contributed by atoms with van der Waals surface area (Å²) >= 11 is 0. The second-order valence-electron chi connectivity index (χ2n) is 6.05. The summed E-state index contributed by atoms with van der Waals surface area (Å²) in [5, 5.41) is 14.5. The quantitative estimate of drug-likeness (QED) is 0.546. The summed E-state index contributed by atoms with van der Waals surface area (Å²) in [5.74, 6) is -1.31. The zero-order valence-corrected chi connectivity index (χ0v) is 14.7. The zero-order chi connectivity index (χ0) is 18.9. The number of nitrogens with one attached hydrogen (secondary N) is 1. The van der Waals surface area contributed by atoms with Crippen molar-refractivity contribution < 1.29 is 24.2 Å². The first-order valence-corrected chi connectivity index (χ1v) is 8.49. The van der Waals surface area contributed by atoms with Gasteiger partial charge in [0.15, 0.2) is 0 Å². The minimum absolute atomic E-state index is 0.00359. The van der Waals surface area contributed by atoms with E-state index in [1.54, 1.807) is 36.1 Å². The molecule has 0 aromatic heterocycles. The van der Waals surface area contributed by atoms with Gasteiger partial charge in [-0.25, -0.2) is 5.43 Å². The number of rotatable bonds is 7. The van der Waals surface area contributed by atoms with Gasteiger partial charge in [0.25, 0.3) is 5.91 Å². The highest BCUT2D eigenvalue weighted by atomic mass is 16.5. The van der Waals surface area contributed by atoms with E-state index in [1.165, 1.54) is 0 Å². The molecule has 1 aliphatic heterocycles. The van der Waals surface area contributed by atoms with Crippen LogP contribution in [0, 0.1) is 0 Å². The molecule has 2 amide bonds. The lowest BCUT2D eigenvalue weighted by molar-refractivity contribution is -0.307. The van der Waals surface area contributed by atoms with Crippen molar-refractivity contribution >= 4 is 23.5 Å². The molecule has 1 fully saturated rings. The summed E-state index contributed by atoms with van der Waals surface area (Å²) < 4.78 is 5.06. The largest absolute Gasteiger partial charge is 0.546 e. The van der Waals surface area contributed by atoms with Crippen LogP contribution in [0.2, 0.25) is 0 Å². The summed E-state index contributed by atoms with van der Waals surface area (Å²) in [6, 6.07) is 6.68. The number of carbonyl (C=O) groups excluding carboxylic acids is 3. The molecule has 0 spiro atoms. The molecule has 140 valence electrons. The van der Waals surface area contributed by atoms with Crippen LogP contribution in [0.1, 0.15) is 38.2 Å². The Bertz CT molecular complexity index is 702. The molecule has 26 heavy (non-hydrogen) atoms. The number of benzene rings is 1. The van der Waals surface area contributed by atoms with Crippen LogP contribution in [0.25, 0.3) is 0 Å². The van der Waals surface area contributed by atoms with E-state index in [4.69, 9.17) is 4.74 Å². The Kier molecular flexibility index (Phi) is 7.13. The van der Waals surface area contributed by atoms with Crippen LogP contribution < -0.4 is 15.3 Å². The average molecular weight is 360 g/mol. The Morgan fingerprint density at radius 1 is 1.31 bits per heavy atom. The topological polar surface area (TPSA) is 111 Å². The van der Waals surface area contributed by atoms with E-state index in [1.807, 2.05) is 0 Å². The van der Waals surface area contributed by atoms with Gasteiger partial charge in [0.1, 0.15) is 18.9 Å². The molecule has 1 heterocycles. The fourth-order valence-electron chi connectivity index (χ4n) is 2.58. The van der Waals surface area contributed by atoms with Crippen molar-refractivity contribution in [2.75, 3.05) is 19.7 Å². The molecule has 0 bridgehead atoms. The molecule has 0 atom stereocenters. The lowest BCUT2D eigenvalue weighted by Crippen LogP contribution is -2.39. The molecule has 0 unspecified atom stereocenters. The zero-order valence-electron chi connectivity index (χ0n) is 14.7. The van der Waals surface area contributed by atoms with Crippen LogP contribution in [0.3, 0.4) is 0 Å². The van der Waals surface area contributed by atoms with Crippen LogP contribution in [-0.4, -0.2) is 48.1 Å². The van der Waals surface area contributed by atoms with Crippen LogP contribution >= 0.6 is 0 Å². The van der Waals surface area contributed by atoms with Gasteiger partial charge in [-0.2, -0.15) is 5.10 Å². The smallest absolute Gasteiger partial charge is 0.259 e. The number of aliphatic carboxylic acids is 1. The monoisotopic (exact) mass is 360 g/mol. The minimum Gasteiger partial charge on any atom is -0.546 e. The van der Waals surface area contributed by atoms with E-state index in [2.05, 4.69) is 10.5 Å². The van der Waals surface area contributed by atoms with Crippen molar-refractivity contribution in [3.05, 3.63) is 29.8 Å². The van der Waals surface area contributed by atoms with Crippen LogP contribution in [0.5, 0.6) is 5.75 Å². The maximum absolute atomic E-state index is 12.0. The predicted octanol–water partition coefficient (Wildman–Crippen LogP) is 0.0581. The molecule has 8 heteroatoms. The number of carboxylic acid groups (broad SMARTS) is 1. The van der Waals surface area contributed by atoms with Gasteiger partial charge in [0.05, 0.1) is 11.7 Å². The lowest BCUT2D eigenvalue weighted by Gasteiger charge is -2.19. The maximum atomic E-state index is 12.0. The van der Waals surface area contributed by atoms with Crippen molar-refractivity contribution in [3.8, 4) is 5.75 Å². The third-order valence-electron chi connectivity index (χ3n) is 3.96. The number of carboxylic acids is 1. The maximum Gasteiger partial charge on any atom is 0.259 e. The van der Waals surface area contributed by atoms with E-state index in [0.717, 1.165) is 19.3 Å². The van der Waals surface area contributed by atoms with Gasteiger partial charge >= 0.3 is 0 Å². The molecule has 1 aliphatic rings. The van der Waals surface area contributed by atoms with E-state index in [9.17, 15) is 19.5 Å². The van der Waals surface area contributed by atoms with Gasteiger partial charge < -0.3 is 19.5 Å². The SMILES string of the molecule is C/C(=N/NC(=O)CN1CCCCCC1=O)c1cccc(OCC(=O)[O-])c1. The first-order chi connectivity index (χ1) is 12.5. The molecule has 2 rings (SSSR count). The van der Waals surface area contributed by atoms with E-state index >= 15 is 0 Å².